The molecular formula is C11H22N2OS. The Kier molecular flexibility index (Phi) is 6.07. The maximum absolute atomic E-state index is 11.6. The number of hydrogen-bond donors (Lipinski definition) is 1. The summed E-state index contributed by atoms with van der Waals surface area (Å²) in [4.78, 5) is 0. The molecule has 1 fully saturated rings. The molecule has 0 aromatic heterocycles. The van der Waals surface area contributed by atoms with Crippen molar-refractivity contribution in [3.8, 4) is 6.07 Å². The van der Waals surface area contributed by atoms with E-state index in [-0.39, 0.29) is 16.7 Å². The molecule has 15 heavy (non-hydrogen) atoms. The van der Waals surface area contributed by atoms with Crippen molar-refractivity contribution in [2.75, 3.05) is 0 Å². The average molecular weight is 230 g/mol. The van der Waals surface area contributed by atoms with Crippen LogP contribution in [0.1, 0.15) is 47.5 Å². The molecule has 1 N–H and O–H groups in total. The van der Waals surface area contributed by atoms with Gasteiger partial charge in [-0.1, -0.05) is 13.8 Å². The molecule has 4 heteroatoms. The second-order valence-electron chi connectivity index (χ2n) is 4.49. The normalized spacial score (nSPS) is 26.7. The fraction of sp³-hybridized carbons (Fsp3) is 0.909. The average Bonchev–Trinajstić information content (AvgIpc) is 2.11. The lowest BCUT2D eigenvalue weighted by molar-refractivity contribution is 0.310. The van der Waals surface area contributed by atoms with Crippen LogP contribution in [0.25, 0.3) is 0 Å². The third kappa shape index (κ3) is 4.76. The molecule has 1 saturated carbocycles. The molecule has 0 bridgehead atoms. The molecule has 0 aromatic rings. The molecule has 1 rings (SSSR count). The Hall–Kier alpha value is -0.400. The second kappa shape index (κ2) is 6.24. The SMILES string of the molecule is CC.CC(C)(C)S(=O)NC1CC(C#N)C1. The van der Waals surface area contributed by atoms with E-state index in [4.69, 9.17) is 5.26 Å². The minimum absolute atomic E-state index is 0.175. The van der Waals surface area contributed by atoms with Gasteiger partial charge in [-0.05, 0) is 33.6 Å². The Balaban J connectivity index is 0.000000921. The zero-order valence-electron chi connectivity index (χ0n) is 10.3. The van der Waals surface area contributed by atoms with E-state index in [0.717, 1.165) is 12.8 Å². The van der Waals surface area contributed by atoms with Gasteiger partial charge in [-0.2, -0.15) is 5.26 Å². The minimum atomic E-state index is -0.992. The van der Waals surface area contributed by atoms with Gasteiger partial charge < -0.3 is 0 Å². The molecule has 1 unspecified atom stereocenters. The molecule has 0 amide bonds. The van der Waals surface area contributed by atoms with Crippen molar-refractivity contribution in [3.05, 3.63) is 0 Å². The first kappa shape index (κ1) is 14.6. The molecule has 0 aliphatic heterocycles. The van der Waals surface area contributed by atoms with Gasteiger partial charge in [0.15, 0.2) is 0 Å². The first-order chi connectivity index (χ1) is 6.93. The summed E-state index contributed by atoms with van der Waals surface area (Å²) < 4.78 is 14.4. The van der Waals surface area contributed by atoms with Gasteiger partial charge in [0.25, 0.3) is 0 Å². The Morgan fingerprint density at radius 3 is 2.13 bits per heavy atom. The van der Waals surface area contributed by atoms with Crippen LogP contribution < -0.4 is 4.72 Å². The monoisotopic (exact) mass is 230 g/mol. The molecule has 1 aliphatic rings. The van der Waals surface area contributed by atoms with Gasteiger partial charge in [-0.15, -0.1) is 0 Å². The van der Waals surface area contributed by atoms with Crippen molar-refractivity contribution < 1.29 is 4.21 Å². The number of nitrogens with one attached hydrogen (secondary N) is 1. The smallest absolute Gasteiger partial charge is 0.0972 e. The van der Waals surface area contributed by atoms with Gasteiger partial charge in [-0.3, -0.25) is 0 Å². The number of rotatable bonds is 2. The molecule has 0 heterocycles. The van der Waals surface area contributed by atoms with E-state index in [2.05, 4.69) is 10.8 Å². The van der Waals surface area contributed by atoms with Crippen LogP contribution in [0.2, 0.25) is 0 Å². The van der Waals surface area contributed by atoms with Crippen LogP contribution in [-0.4, -0.2) is 15.0 Å². The van der Waals surface area contributed by atoms with E-state index < -0.39 is 11.0 Å². The van der Waals surface area contributed by atoms with Gasteiger partial charge in [0.1, 0.15) is 0 Å². The van der Waals surface area contributed by atoms with Crippen LogP contribution in [0.4, 0.5) is 0 Å². The van der Waals surface area contributed by atoms with Crippen LogP contribution >= 0.6 is 0 Å². The highest BCUT2D eigenvalue weighted by Gasteiger charge is 2.32. The van der Waals surface area contributed by atoms with Gasteiger partial charge in [0.05, 0.1) is 21.8 Å². The highest BCUT2D eigenvalue weighted by molar-refractivity contribution is 7.84. The van der Waals surface area contributed by atoms with Crippen molar-refractivity contribution >= 4 is 11.0 Å². The van der Waals surface area contributed by atoms with Crippen molar-refractivity contribution in [3.63, 3.8) is 0 Å². The largest absolute Gasteiger partial charge is 0.242 e. The van der Waals surface area contributed by atoms with Crippen LogP contribution in [0, 0.1) is 17.2 Å². The zero-order valence-corrected chi connectivity index (χ0v) is 11.1. The van der Waals surface area contributed by atoms with E-state index >= 15 is 0 Å². The third-order valence-electron chi connectivity index (χ3n) is 2.15. The predicted octanol–water partition coefficient (Wildman–Crippen LogP) is 2.37. The van der Waals surface area contributed by atoms with Crippen LogP contribution in [0.15, 0.2) is 0 Å². The lowest BCUT2D eigenvalue weighted by Gasteiger charge is -2.33. The second-order valence-corrected chi connectivity index (χ2v) is 6.49. The number of nitriles is 1. The van der Waals surface area contributed by atoms with Crippen LogP contribution in [0.5, 0.6) is 0 Å². The van der Waals surface area contributed by atoms with Gasteiger partial charge in [0.2, 0.25) is 0 Å². The summed E-state index contributed by atoms with van der Waals surface area (Å²) in [7, 11) is -0.992. The zero-order chi connectivity index (χ0) is 12.1. The molecule has 88 valence electrons. The lowest BCUT2D eigenvalue weighted by Crippen LogP contribution is -2.46. The summed E-state index contributed by atoms with van der Waals surface area (Å²) in [5.41, 5.74) is 0. The van der Waals surface area contributed by atoms with Gasteiger partial charge in [-0.25, -0.2) is 8.93 Å². The predicted molar refractivity (Wildman–Crippen MR) is 64.5 cm³/mol. The van der Waals surface area contributed by atoms with Gasteiger partial charge >= 0.3 is 0 Å². The summed E-state index contributed by atoms with van der Waals surface area (Å²) >= 11 is 0. The fourth-order valence-electron chi connectivity index (χ4n) is 1.15. The molecular weight excluding hydrogens is 208 g/mol. The highest BCUT2D eigenvalue weighted by Crippen LogP contribution is 2.27. The molecule has 1 aliphatic carbocycles. The van der Waals surface area contributed by atoms with E-state index in [1.165, 1.54) is 0 Å². The molecule has 0 aromatic carbocycles. The molecule has 0 spiro atoms. The fourth-order valence-corrected chi connectivity index (χ4v) is 2.00. The van der Waals surface area contributed by atoms with Crippen molar-refractivity contribution in [2.45, 2.75) is 58.2 Å². The first-order valence-electron chi connectivity index (χ1n) is 5.51. The Labute approximate surface area is 95.8 Å². The van der Waals surface area contributed by atoms with E-state index in [9.17, 15) is 4.21 Å². The Morgan fingerprint density at radius 2 is 1.80 bits per heavy atom. The Morgan fingerprint density at radius 1 is 1.33 bits per heavy atom. The summed E-state index contributed by atoms with van der Waals surface area (Å²) in [6.45, 7) is 9.82. The van der Waals surface area contributed by atoms with E-state index in [1.54, 1.807) is 0 Å². The summed E-state index contributed by atoms with van der Waals surface area (Å²) in [6, 6.07) is 2.49. The number of nitrogens with zero attached hydrogens (tertiary/aromatic N) is 1. The topological polar surface area (TPSA) is 52.9 Å². The molecule has 3 nitrogen and oxygen atoms in total. The maximum Gasteiger partial charge on any atom is 0.0972 e. The van der Waals surface area contributed by atoms with Gasteiger partial charge in [0, 0.05) is 12.0 Å². The van der Waals surface area contributed by atoms with Crippen molar-refractivity contribution in [2.24, 2.45) is 5.92 Å². The third-order valence-corrected chi connectivity index (χ3v) is 3.81. The Bertz CT molecular complexity index is 246. The summed E-state index contributed by atoms with van der Waals surface area (Å²) in [5, 5.41) is 8.54. The maximum atomic E-state index is 11.6. The summed E-state index contributed by atoms with van der Waals surface area (Å²) in [6.07, 6.45) is 1.69. The quantitative estimate of drug-likeness (QED) is 0.791. The highest BCUT2D eigenvalue weighted by atomic mass is 32.2. The first-order valence-corrected chi connectivity index (χ1v) is 6.66. The van der Waals surface area contributed by atoms with E-state index in [1.807, 2.05) is 34.6 Å². The summed E-state index contributed by atoms with van der Waals surface area (Å²) in [5.74, 6) is 0.175. The molecule has 1 atom stereocenters. The standard InChI is InChI=1S/C9H16N2OS.C2H6/c1-9(2,3)13(12)11-8-4-7(5-8)6-10;1-2/h7-8,11H,4-5H2,1-3H3;1-2H3. The molecule has 0 saturated heterocycles. The van der Waals surface area contributed by atoms with Crippen LogP contribution in [-0.2, 0) is 11.0 Å². The van der Waals surface area contributed by atoms with Crippen LogP contribution in [0.3, 0.4) is 0 Å². The minimum Gasteiger partial charge on any atom is -0.242 e. The van der Waals surface area contributed by atoms with E-state index in [0.29, 0.717) is 0 Å². The number of hydrogen-bond acceptors (Lipinski definition) is 2. The van der Waals surface area contributed by atoms with Crippen molar-refractivity contribution in [1.29, 1.82) is 5.26 Å². The van der Waals surface area contributed by atoms with Crippen molar-refractivity contribution in [1.82, 2.24) is 4.72 Å². The lowest BCUT2D eigenvalue weighted by atomic mass is 9.82. The molecule has 0 radical (unpaired) electrons.